The standard InChI is InChI=1S/C30H32BF4N5O3/c1-16-14-29(26(41)38-25(39-29)19-8-9-23(30(33,34)35)37-24(19)17-6-7-17)10-11-40(16)22-13-18(12-21(32)20(22)15-36)31-42-27(2,3)28(4,5)43-31/h8-9,12-13,16-17H,6-7,10-11,14H2,1-5H3,(H,38,39,41)/t16-,29+/m0/s1. The summed E-state index contributed by atoms with van der Waals surface area (Å²) in [5, 5.41) is 12.7. The van der Waals surface area contributed by atoms with Crippen LogP contribution >= 0.6 is 0 Å². The Balaban J connectivity index is 1.29. The zero-order valence-corrected chi connectivity index (χ0v) is 24.6. The Morgan fingerprint density at radius 1 is 1.14 bits per heavy atom. The minimum absolute atomic E-state index is 0.107. The molecule has 2 atom stereocenters. The van der Waals surface area contributed by atoms with E-state index in [1.807, 2.05) is 45.6 Å². The van der Waals surface area contributed by atoms with Gasteiger partial charge in [-0.15, -0.1) is 0 Å². The number of pyridine rings is 1. The van der Waals surface area contributed by atoms with Gasteiger partial charge in [0.15, 0.2) is 0 Å². The number of amidine groups is 1. The van der Waals surface area contributed by atoms with Crippen LogP contribution in [0.1, 0.15) is 88.7 Å². The molecule has 0 radical (unpaired) electrons. The second kappa shape index (κ2) is 9.76. The highest BCUT2D eigenvalue weighted by molar-refractivity contribution is 6.62. The number of benzene rings is 1. The predicted octanol–water partition coefficient (Wildman–Crippen LogP) is 4.59. The number of halogens is 4. The van der Waals surface area contributed by atoms with Crippen molar-refractivity contribution in [3.05, 3.63) is 52.6 Å². The Morgan fingerprint density at radius 3 is 2.40 bits per heavy atom. The lowest BCUT2D eigenvalue weighted by molar-refractivity contribution is -0.141. The number of nitriles is 1. The Labute approximate surface area is 247 Å². The third-order valence-electron chi connectivity index (χ3n) is 9.38. The maximum Gasteiger partial charge on any atom is 0.495 e. The number of aliphatic imine (C=N–C) groups is 1. The van der Waals surface area contributed by atoms with Gasteiger partial charge in [-0.3, -0.25) is 9.79 Å². The number of anilines is 1. The summed E-state index contributed by atoms with van der Waals surface area (Å²) in [5.41, 5.74) is -2.00. The highest BCUT2D eigenvalue weighted by Gasteiger charge is 2.53. The van der Waals surface area contributed by atoms with E-state index in [-0.39, 0.29) is 48.7 Å². The maximum absolute atomic E-state index is 15.3. The number of alkyl halides is 3. The van der Waals surface area contributed by atoms with Crippen molar-refractivity contribution in [2.24, 2.45) is 4.99 Å². The molecule has 13 heteroatoms. The van der Waals surface area contributed by atoms with Crippen LogP contribution in [0.5, 0.6) is 0 Å². The van der Waals surface area contributed by atoms with Crippen LogP contribution < -0.4 is 15.7 Å². The molecule has 1 saturated carbocycles. The largest absolute Gasteiger partial charge is 0.495 e. The van der Waals surface area contributed by atoms with Crippen LogP contribution in [0, 0.1) is 17.1 Å². The van der Waals surface area contributed by atoms with Crippen molar-refractivity contribution < 1.29 is 31.7 Å². The first-order valence-electron chi connectivity index (χ1n) is 14.4. The summed E-state index contributed by atoms with van der Waals surface area (Å²) in [4.78, 5) is 24.0. The molecule has 8 nitrogen and oxygen atoms in total. The fourth-order valence-corrected chi connectivity index (χ4v) is 6.10. The molecule has 6 rings (SSSR count). The van der Waals surface area contributed by atoms with E-state index in [2.05, 4.69) is 10.3 Å². The molecular formula is C30H32BF4N5O3. The number of carbonyl (C=O) groups is 1. The first-order chi connectivity index (χ1) is 20.0. The van der Waals surface area contributed by atoms with Gasteiger partial charge < -0.3 is 19.5 Å². The number of hydrogen-bond donors (Lipinski definition) is 1. The van der Waals surface area contributed by atoms with Crippen LogP contribution in [-0.2, 0) is 20.3 Å². The van der Waals surface area contributed by atoms with E-state index >= 15 is 4.39 Å². The molecule has 0 bridgehead atoms. The first-order valence-corrected chi connectivity index (χ1v) is 14.4. The lowest BCUT2D eigenvalue weighted by Gasteiger charge is -2.42. The molecular weight excluding hydrogens is 565 g/mol. The van der Waals surface area contributed by atoms with Gasteiger partial charge in [-0.25, -0.2) is 9.37 Å². The van der Waals surface area contributed by atoms with Gasteiger partial charge in [0.1, 0.15) is 34.5 Å². The van der Waals surface area contributed by atoms with Gasteiger partial charge in [0.05, 0.1) is 22.6 Å². The molecule has 3 fully saturated rings. The van der Waals surface area contributed by atoms with E-state index in [4.69, 9.17) is 14.3 Å². The predicted molar refractivity (Wildman–Crippen MR) is 151 cm³/mol. The van der Waals surface area contributed by atoms with Crippen LogP contribution in [0.3, 0.4) is 0 Å². The Kier molecular flexibility index (Phi) is 6.71. The molecule has 226 valence electrons. The molecule has 1 N–H and O–H groups in total. The van der Waals surface area contributed by atoms with Crippen molar-refractivity contribution in [1.82, 2.24) is 10.3 Å². The maximum atomic E-state index is 15.3. The number of hydrogen-bond acceptors (Lipinski definition) is 7. The Bertz CT molecular complexity index is 1570. The van der Waals surface area contributed by atoms with Crippen molar-refractivity contribution in [2.75, 3.05) is 11.4 Å². The van der Waals surface area contributed by atoms with Gasteiger partial charge in [0.25, 0.3) is 5.91 Å². The minimum Gasteiger partial charge on any atom is -0.399 e. The molecule has 1 spiro atoms. The van der Waals surface area contributed by atoms with Crippen molar-refractivity contribution in [2.45, 2.75) is 95.2 Å². The van der Waals surface area contributed by atoms with Gasteiger partial charge >= 0.3 is 13.3 Å². The van der Waals surface area contributed by atoms with Crippen molar-refractivity contribution in [3.8, 4) is 6.07 Å². The van der Waals surface area contributed by atoms with Crippen LogP contribution in [0.2, 0.25) is 0 Å². The summed E-state index contributed by atoms with van der Waals surface area (Å²) in [5.74, 6) is -0.920. The average Bonchev–Trinajstić information content (AvgIpc) is 3.67. The molecule has 1 aromatic carbocycles. The highest BCUT2D eigenvalue weighted by Crippen LogP contribution is 2.44. The van der Waals surface area contributed by atoms with Gasteiger partial charge in [-0.05, 0) is 83.6 Å². The Hall–Kier alpha value is -3.50. The van der Waals surface area contributed by atoms with E-state index < -0.39 is 41.5 Å². The number of nitrogens with zero attached hydrogens (tertiary/aromatic N) is 4. The number of rotatable bonds is 4. The summed E-state index contributed by atoms with van der Waals surface area (Å²) in [6.07, 6.45) is -2.62. The minimum atomic E-state index is -4.58. The topological polar surface area (TPSA) is 99.8 Å². The molecule has 2 aromatic rings. The molecule has 0 unspecified atom stereocenters. The van der Waals surface area contributed by atoms with Crippen LogP contribution in [0.4, 0.5) is 23.2 Å². The monoisotopic (exact) mass is 597 g/mol. The lowest BCUT2D eigenvalue weighted by atomic mass is 9.77. The number of carbonyl (C=O) groups excluding carboxylic acids is 1. The smallest absolute Gasteiger partial charge is 0.399 e. The quantitative estimate of drug-likeness (QED) is 0.409. The average molecular weight is 597 g/mol. The van der Waals surface area contributed by atoms with Gasteiger partial charge in [-0.1, -0.05) is 0 Å². The molecule has 4 aliphatic rings. The fraction of sp³-hybridized carbons (Fsp3) is 0.533. The van der Waals surface area contributed by atoms with Gasteiger partial charge in [0.2, 0.25) is 0 Å². The first kappa shape index (κ1) is 29.6. The lowest BCUT2D eigenvalue weighted by Crippen LogP contribution is -2.53. The van der Waals surface area contributed by atoms with Crippen molar-refractivity contribution in [3.63, 3.8) is 0 Å². The summed E-state index contributed by atoms with van der Waals surface area (Å²) >= 11 is 0. The molecule has 2 saturated heterocycles. The molecule has 1 amide bonds. The summed E-state index contributed by atoms with van der Waals surface area (Å²) in [6.45, 7) is 9.75. The number of aromatic nitrogens is 1. The fourth-order valence-electron chi connectivity index (χ4n) is 6.10. The highest BCUT2D eigenvalue weighted by atomic mass is 19.4. The van der Waals surface area contributed by atoms with Gasteiger partial charge in [0, 0.05) is 30.5 Å². The van der Waals surface area contributed by atoms with E-state index in [9.17, 15) is 23.2 Å². The van der Waals surface area contributed by atoms with E-state index in [1.54, 1.807) is 6.07 Å². The van der Waals surface area contributed by atoms with Crippen LogP contribution in [0.15, 0.2) is 29.3 Å². The molecule has 1 aromatic heterocycles. The third-order valence-corrected chi connectivity index (χ3v) is 9.38. The SMILES string of the molecule is C[C@H]1C[C@@]2(CCN1c1cc(B3OC(C)(C)C(C)(C)O3)cc(F)c1C#N)N=C(c1ccc(C(F)(F)F)nc1C1CC1)NC2=O. The zero-order valence-electron chi connectivity index (χ0n) is 24.6. The normalized spacial score (nSPS) is 26.5. The zero-order chi connectivity index (χ0) is 31.1. The van der Waals surface area contributed by atoms with E-state index in [1.165, 1.54) is 12.1 Å². The van der Waals surface area contributed by atoms with E-state index in [0.29, 0.717) is 22.4 Å². The molecule has 1 aliphatic carbocycles. The molecule has 4 heterocycles. The third kappa shape index (κ3) is 4.98. The summed E-state index contributed by atoms with van der Waals surface area (Å²) < 4.78 is 67.6. The second-order valence-corrected chi connectivity index (χ2v) is 12.9. The van der Waals surface area contributed by atoms with Crippen molar-refractivity contribution in [1.29, 1.82) is 5.26 Å². The number of nitrogens with one attached hydrogen (secondary N) is 1. The van der Waals surface area contributed by atoms with Gasteiger partial charge in [-0.2, -0.15) is 18.4 Å². The van der Waals surface area contributed by atoms with Crippen molar-refractivity contribution >= 4 is 30.0 Å². The van der Waals surface area contributed by atoms with Crippen LogP contribution in [-0.4, -0.2) is 53.2 Å². The number of piperidine rings is 1. The number of amides is 1. The second-order valence-electron chi connectivity index (χ2n) is 12.9. The summed E-state index contributed by atoms with van der Waals surface area (Å²) in [6, 6.07) is 6.86. The van der Waals surface area contributed by atoms with Crippen LogP contribution in [0.25, 0.3) is 0 Å². The molecule has 3 aliphatic heterocycles. The summed E-state index contributed by atoms with van der Waals surface area (Å²) in [7, 11) is -0.830. The Morgan fingerprint density at radius 2 is 1.81 bits per heavy atom. The van der Waals surface area contributed by atoms with E-state index in [0.717, 1.165) is 18.9 Å². The molecule has 43 heavy (non-hydrogen) atoms.